The van der Waals surface area contributed by atoms with Crippen molar-refractivity contribution in [1.29, 1.82) is 0 Å². The molecule has 0 fully saturated rings. The van der Waals surface area contributed by atoms with Crippen molar-refractivity contribution in [2.75, 3.05) is 7.11 Å². The van der Waals surface area contributed by atoms with E-state index < -0.39 is 11.9 Å². The molecule has 5 rings (SSSR count). The monoisotopic (exact) mass is 530 g/mol. The zero-order chi connectivity index (χ0) is 26.6. The lowest BCUT2D eigenvalue weighted by Gasteiger charge is -2.14. The number of carbonyl (C=O) groups is 1. The number of carbonyl (C=O) groups excluding carboxylic acids is 1. The van der Waals surface area contributed by atoms with Gasteiger partial charge in [0.15, 0.2) is 11.5 Å². The van der Waals surface area contributed by atoms with Crippen LogP contribution in [0.25, 0.3) is 10.2 Å². The maximum absolute atomic E-state index is 13.2. The third kappa shape index (κ3) is 5.33. The Kier molecular flexibility index (Phi) is 7.55. The van der Waals surface area contributed by atoms with Crippen LogP contribution in [0.2, 0.25) is 0 Å². The van der Waals surface area contributed by atoms with Gasteiger partial charge in [-0.25, -0.2) is 10.4 Å². The third-order valence-electron chi connectivity index (χ3n) is 6.79. The quantitative estimate of drug-likeness (QED) is 0.257. The number of nitrogens with zero attached hydrogens (tertiary/aromatic N) is 3. The van der Waals surface area contributed by atoms with E-state index in [1.165, 1.54) is 27.5 Å². The van der Waals surface area contributed by atoms with Gasteiger partial charge in [0.25, 0.3) is 11.5 Å². The van der Waals surface area contributed by atoms with Crippen LogP contribution in [-0.4, -0.2) is 28.8 Å². The van der Waals surface area contributed by atoms with E-state index in [0.717, 1.165) is 47.2 Å². The van der Waals surface area contributed by atoms with Crippen LogP contribution < -0.4 is 20.5 Å². The molecule has 2 heterocycles. The van der Waals surface area contributed by atoms with E-state index in [1.54, 1.807) is 37.5 Å². The summed E-state index contributed by atoms with van der Waals surface area (Å²) >= 11 is 1.59. The predicted molar refractivity (Wildman–Crippen MR) is 149 cm³/mol. The summed E-state index contributed by atoms with van der Waals surface area (Å²) in [6.07, 6.45) is 7.07. The summed E-state index contributed by atoms with van der Waals surface area (Å²) in [5.74, 6) is 0.769. The smallest absolute Gasteiger partial charge is 0.263 e. The molecule has 9 heteroatoms. The molecule has 0 bridgehead atoms. The van der Waals surface area contributed by atoms with Crippen molar-refractivity contribution in [3.63, 3.8) is 0 Å². The first kappa shape index (κ1) is 25.7. The summed E-state index contributed by atoms with van der Waals surface area (Å²) in [4.78, 5) is 32.5. The van der Waals surface area contributed by atoms with Gasteiger partial charge in [0.2, 0.25) is 0 Å². The maximum Gasteiger partial charge on any atom is 0.263 e. The van der Waals surface area contributed by atoms with Crippen molar-refractivity contribution in [1.82, 2.24) is 15.0 Å². The molecule has 38 heavy (non-hydrogen) atoms. The van der Waals surface area contributed by atoms with E-state index in [2.05, 4.69) is 15.5 Å². The zero-order valence-corrected chi connectivity index (χ0v) is 22.5. The second kappa shape index (κ2) is 11.2. The van der Waals surface area contributed by atoms with E-state index in [1.807, 2.05) is 37.3 Å². The van der Waals surface area contributed by atoms with Crippen LogP contribution in [0, 0.1) is 6.92 Å². The van der Waals surface area contributed by atoms with Gasteiger partial charge in [0.05, 0.1) is 25.0 Å². The topological polar surface area (TPSA) is 94.8 Å². The number of hydrazone groups is 1. The van der Waals surface area contributed by atoms with Crippen LogP contribution in [0.5, 0.6) is 11.5 Å². The van der Waals surface area contributed by atoms with Gasteiger partial charge >= 0.3 is 0 Å². The average molecular weight is 531 g/mol. The normalized spacial score (nSPS) is 13.9. The van der Waals surface area contributed by atoms with E-state index in [0.29, 0.717) is 23.5 Å². The van der Waals surface area contributed by atoms with Crippen molar-refractivity contribution < 1.29 is 14.3 Å². The van der Waals surface area contributed by atoms with Crippen LogP contribution in [0.4, 0.5) is 0 Å². The summed E-state index contributed by atoms with van der Waals surface area (Å²) in [6, 6.07) is 12.8. The highest BCUT2D eigenvalue weighted by molar-refractivity contribution is 7.18. The molecule has 1 atom stereocenters. The number of aromatic nitrogens is 2. The molecule has 1 unspecified atom stereocenters. The Morgan fingerprint density at radius 2 is 1.97 bits per heavy atom. The molecular formula is C29H30N4O4S. The lowest BCUT2D eigenvalue weighted by atomic mass is 9.97. The highest BCUT2D eigenvalue weighted by atomic mass is 32.1. The Morgan fingerprint density at radius 1 is 1.18 bits per heavy atom. The SMILES string of the molecule is COc1cc(C=NNC(=O)C(C)n2cnc3sc4c(c3c2=O)CCCC4)ccc1OCc1ccc(C)cc1. The first-order valence-electron chi connectivity index (χ1n) is 12.7. The Labute approximate surface area is 224 Å². The summed E-state index contributed by atoms with van der Waals surface area (Å²) in [5, 5.41) is 4.75. The molecular weight excluding hydrogens is 500 g/mol. The van der Waals surface area contributed by atoms with Crippen molar-refractivity contribution in [2.24, 2.45) is 5.10 Å². The first-order valence-corrected chi connectivity index (χ1v) is 13.5. The molecule has 1 aliphatic carbocycles. The molecule has 0 spiro atoms. The Hall–Kier alpha value is -3.98. The van der Waals surface area contributed by atoms with Gasteiger partial charge in [0, 0.05) is 4.88 Å². The van der Waals surface area contributed by atoms with Crippen LogP contribution in [0.1, 0.15) is 52.9 Å². The fourth-order valence-electron chi connectivity index (χ4n) is 4.55. The van der Waals surface area contributed by atoms with Crippen LogP contribution in [0.3, 0.4) is 0 Å². The van der Waals surface area contributed by atoms with Gasteiger partial charge < -0.3 is 9.47 Å². The molecule has 1 amide bonds. The number of hydrogen-bond donors (Lipinski definition) is 1. The average Bonchev–Trinajstić information content (AvgIpc) is 3.32. The van der Waals surface area contributed by atoms with Crippen molar-refractivity contribution in [3.05, 3.63) is 86.3 Å². The Bertz CT molecular complexity index is 1560. The molecule has 0 saturated heterocycles. The minimum atomic E-state index is -0.761. The molecule has 0 radical (unpaired) electrons. The number of amides is 1. The molecule has 1 N–H and O–H groups in total. The second-order valence-electron chi connectivity index (χ2n) is 9.44. The summed E-state index contributed by atoms with van der Waals surface area (Å²) < 4.78 is 12.8. The minimum absolute atomic E-state index is 0.174. The minimum Gasteiger partial charge on any atom is -0.493 e. The third-order valence-corrected chi connectivity index (χ3v) is 7.99. The number of aryl methyl sites for hydroxylation is 3. The zero-order valence-electron chi connectivity index (χ0n) is 21.7. The van der Waals surface area contributed by atoms with E-state index >= 15 is 0 Å². The molecule has 0 aliphatic heterocycles. The molecule has 0 saturated carbocycles. The number of thiophene rings is 1. The number of methoxy groups -OCH3 is 1. The van der Waals surface area contributed by atoms with Gasteiger partial charge in [-0.05, 0) is 74.4 Å². The standard InChI is InChI=1S/C29H30N4O4S/c1-18-8-10-20(11-9-18)16-37-23-13-12-21(14-24(23)36-3)15-31-32-27(34)19(2)33-17-30-28-26(29(33)35)22-6-4-5-7-25(22)38-28/h8-15,17,19H,4-7,16H2,1-3H3,(H,32,34). The Balaban J connectivity index is 1.25. The van der Waals surface area contributed by atoms with Gasteiger partial charge in [-0.1, -0.05) is 29.8 Å². The number of rotatable bonds is 8. The van der Waals surface area contributed by atoms with Crippen molar-refractivity contribution in [2.45, 2.75) is 52.2 Å². The molecule has 2 aromatic carbocycles. The Morgan fingerprint density at radius 3 is 2.76 bits per heavy atom. The van der Waals surface area contributed by atoms with Crippen molar-refractivity contribution >= 4 is 33.7 Å². The first-order chi connectivity index (χ1) is 18.4. The van der Waals surface area contributed by atoms with Crippen molar-refractivity contribution in [3.8, 4) is 11.5 Å². The largest absolute Gasteiger partial charge is 0.493 e. The number of nitrogens with one attached hydrogen (secondary N) is 1. The fraction of sp³-hybridized carbons (Fsp3) is 0.310. The summed E-state index contributed by atoms with van der Waals surface area (Å²) in [6.45, 7) is 4.14. The number of benzene rings is 2. The number of fused-ring (bicyclic) bond motifs is 3. The van der Waals surface area contributed by atoms with Crippen LogP contribution in [-0.2, 0) is 24.2 Å². The van der Waals surface area contributed by atoms with Gasteiger partial charge in [-0.2, -0.15) is 5.10 Å². The molecule has 8 nitrogen and oxygen atoms in total. The highest BCUT2D eigenvalue weighted by Gasteiger charge is 2.23. The van der Waals surface area contributed by atoms with E-state index in [-0.39, 0.29) is 5.56 Å². The lowest BCUT2D eigenvalue weighted by Crippen LogP contribution is -2.34. The summed E-state index contributed by atoms with van der Waals surface area (Å²) in [5.41, 5.74) is 6.45. The molecule has 2 aromatic heterocycles. The van der Waals surface area contributed by atoms with Gasteiger partial charge in [-0.15, -0.1) is 11.3 Å². The second-order valence-corrected chi connectivity index (χ2v) is 10.5. The van der Waals surface area contributed by atoms with E-state index in [9.17, 15) is 9.59 Å². The maximum atomic E-state index is 13.2. The predicted octanol–water partition coefficient (Wildman–Crippen LogP) is 4.94. The molecule has 4 aromatic rings. The molecule has 1 aliphatic rings. The van der Waals surface area contributed by atoms with Gasteiger partial charge in [0.1, 0.15) is 17.5 Å². The van der Waals surface area contributed by atoms with E-state index in [4.69, 9.17) is 9.47 Å². The fourth-order valence-corrected chi connectivity index (χ4v) is 5.77. The van der Waals surface area contributed by atoms with Crippen LogP contribution >= 0.6 is 11.3 Å². The molecule has 196 valence electrons. The lowest BCUT2D eigenvalue weighted by molar-refractivity contribution is -0.123. The van der Waals surface area contributed by atoms with Crippen LogP contribution in [0.15, 0.2) is 58.7 Å². The van der Waals surface area contributed by atoms with Gasteiger partial charge in [-0.3, -0.25) is 14.2 Å². The number of ether oxygens (including phenoxy) is 2. The highest BCUT2D eigenvalue weighted by Crippen LogP contribution is 2.33. The summed E-state index contributed by atoms with van der Waals surface area (Å²) in [7, 11) is 1.58. The number of hydrogen-bond acceptors (Lipinski definition) is 7.